The standard InChI is InChI=1S/C8H9O2P/c9-11(10)7-6-8-4-2-1-3-5-8/h1-7,11H,(H,9,10)/b7-6-. The summed E-state index contributed by atoms with van der Waals surface area (Å²) in [5.74, 6) is 1.31. The molecule has 0 radical (unpaired) electrons. The van der Waals surface area contributed by atoms with Gasteiger partial charge in [-0.05, 0) is 17.5 Å². The molecule has 11 heavy (non-hydrogen) atoms. The van der Waals surface area contributed by atoms with Crippen LogP contribution in [0.1, 0.15) is 5.56 Å². The fourth-order valence-electron chi connectivity index (χ4n) is 0.732. The van der Waals surface area contributed by atoms with Crippen molar-refractivity contribution in [2.75, 3.05) is 0 Å². The zero-order chi connectivity index (χ0) is 8.10. The maximum atomic E-state index is 10.3. The lowest BCUT2D eigenvalue weighted by atomic mass is 10.2. The van der Waals surface area contributed by atoms with E-state index in [0.717, 1.165) is 5.56 Å². The molecule has 0 aliphatic rings. The van der Waals surface area contributed by atoms with Crippen LogP contribution in [0.4, 0.5) is 0 Å². The summed E-state index contributed by atoms with van der Waals surface area (Å²) in [4.78, 5) is 8.47. The average Bonchev–Trinajstić information content (AvgIpc) is 2.03. The van der Waals surface area contributed by atoms with E-state index in [0.29, 0.717) is 0 Å². The van der Waals surface area contributed by atoms with Crippen LogP contribution >= 0.6 is 8.03 Å². The Balaban J connectivity index is 2.72. The zero-order valence-corrected chi connectivity index (χ0v) is 6.90. The van der Waals surface area contributed by atoms with Crippen molar-refractivity contribution in [3.8, 4) is 0 Å². The highest BCUT2D eigenvalue weighted by Crippen LogP contribution is 2.16. The van der Waals surface area contributed by atoms with E-state index in [4.69, 9.17) is 4.89 Å². The number of benzene rings is 1. The molecule has 0 saturated heterocycles. The molecule has 0 fully saturated rings. The van der Waals surface area contributed by atoms with Crippen molar-refractivity contribution in [1.29, 1.82) is 0 Å². The minimum Gasteiger partial charge on any atom is -0.343 e. The van der Waals surface area contributed by atoms with Gasteiger partial charge < -0.3 is 4.89 Å². The molecule has 1 atom stereocenters. The highest BCUT2D eigenvalue weighted by Gasteiger charge is 1.83. The molecule has 1 N–H and O–H groups in total. The van der Waals surface area contributed by atoms with Crippen molar-refractivity contribution in [2.45, 2.75) is 0 Å². The van der Waals surface area contributed by atoms with Crippen LogP contribution in [-0.4, -0.2) is 4.89 Å². The number of hydrogen-bond acceptors (Lipinski definition) is 1. The second-order valence-corrected chi connectivity index (χ2v) is 3.09. The summed E-state index contributed by atoms with van der Waals surface area (Å²) in [5.41, 5.74) is 0.944. The molecule has 1 aromatic rings. The molecule has 58 valence electrons. The van der Waals surface area contributed by atoms with Gasteiger partial charge in [0.1, 0.15) is 0 Å². The van der Waals surface area contributed by atoms with Gasteiger partial charge in [0, 0.05) is 0 Å². The Labute approximate surface area is 66.1 Å². The largest absolute Gasteiger partial charge is 0.343 e. The summed E-state index contributed by atoms with van der Waals surface area (Å²) < 4.78 is 10.3. The molecule has 0 bridgehead atoms. The van der Waals surface area contributed by atoms with Gasteiger partial charge in [0.2, 0.25) is 8.03 Å². The fourth-order valence-corrected chi connectivity index (χ4v) is 1.07. The van der Waals surface area contributed by atoms with Crippen molar-refractivity contribution in [3.63, 3.8) is 0 Å². The molecular weight excluding hydrogens is 159 g/mol. The van der Waals surface area contributed by atoms with Crippen LogP contribution in [0.3, 0.4) is 0 Å². The minimum absolute atomic E-state index is 0.944. The van der Waals surface area contributed by atoms with Gasteiger partial charge >= 0.3 is 0 Å². The summed E-state index contributed by atoms with van der Waals surface area (Å²) in [5, 5.41) is 0. The first kappa shape index (κ1) is 8.25. The van der Waals surface area contributed by atoms with E-state index in [-0.39, 0.29) is 0 Å². The Morgan fingerprint density at radius 2 is 1.91 bits per heavy atom. The first-order valence-electron chi connectivity index (χ1n) is 3.25. The highest BCUT2D eigenvalue weighted by atomic mass is 31.1. The molecule has 0 spiro atoms. The SMILES string of the molecule is O=[PH](O)/C=C\c1ccccc1. The number of hydrogen-bond donors (Lipinski definition) is 1. The first-order valence-corrected chi connectivity index (χ1v) is 4.68. The van der Waals surface area contributed by atoms with Gasteiger partial charge in [0.15, 0.2) is 0 Å². The van der Waals surface area contributed by atoms with Crippen molar-refractivity contribution in [1.82, 2.24) is 0 Å². The van der Waals surface area contributed by atoms with Gasteiger partial charge in [-0.15, -0.1) is 0 Å². The monoisotopic (exact) mass is 168 g/mol. The predicted octanol–water partition coefficient (Wildman–Crippen LogP) is 2.12. The van der Waals surface area contributed by atoms with E-state index in [2.05, 4.69) is 0 Å². The van der Waals surface area contributed by atoms with Crippen LogP contribution in [0.25, 0.3) is 6.08 Å². The summed E-state index contributed by atoms with van der Waals surface area (Å²) in [6, 6.07) is 9.42. The fraction of sp³-hybridized carbons (Fsp3) is 0. The van der Waals surface area contributed by atoms with E-state index in [1.165, 1.54) is 5.82 Å². The third-order valence-corrected chi connectivity index (χ3v) is 1.67. The van der Waals surface area contributed by atoms with Crippen molar-refractivity contribution in [3.05, 3.63) is 41.7 Å². The lowest BCUT2D eigenvalue weighted by Gasteiger charge is -1.88. The Morgan fingerprint density at radius 3 is 2.45 bits per heavy atom. The topological polar surface area (TPSA) is 37.3 Å². The third-order valence-electron chi connectivity index (χ3n) is 1.22. The minimum atomic E-state index is -2.46. The molecule has 3 heteroatoms. The Morgan fingerprint density at radius 1 is 1.27 bits per heavy atom. The smallest absolute Gasteiger partial charge is 0.211 e. The summed E-state index contributed by atoms with van der Waals surface area (Å²) >= 11 is 0. The van der Waals surface area contributed by atoms with Crippen LogP contribution in [0.15, 0.2) is 36.1 Å². The van der Waals surface area contributed by atoms with Crippen molar-refractivity contribution in [2.24, 2.45) is 0 Å². The molecule has 0 aliphatic heterocycles. The zero-order valence-electron chi connectivity index (χ0n) is 5.90. The Kier molecular flexibility index (Phi) is 3.09. The summed E-state index contributed by atoms with van der Waals surface area (Å²) in [7, 11) is -2.46. The van der Waals surface area contributed by atoms with E-state index in [9.17, 15) is 4.57 Å². The highest BCUT2D eigenvalue weighted by molar-refractivity contribution is 7.41. The second kappa shape index (κ2) is 4.12. The molecule has 0 heterocycles. The third kappa shape index (κ3) is 3.17. The maximum Gasteiger partial charge on any atom is 0.211 e. The number of rotatable bonds is 2. The average molecular weight is 168 g/mol. The molecule has 0 aliphatic carbocycles. The van der Waals surface area contributed by atoms with Gasteiger partial charge in [0.05, 0.1) is 0 Å². The van der Waals surface area contributed by atoms with E-state index in [1.807, 2.05) is 30.3 Å². The van der Waals surface area contributed by atoms with E-state index >= 15 is 0 Å². The normalized spacial score (nSPS) is 13.5. The molecule has 1 rings (SSSR count). The van der Waals surface area contributed by atoms with Crippen LogP contribution in [0.2, 0.25) is 0 Å². The quantitative estimate of drug-likeness (QED) is 0.687. The lowest BCUT2D eigenvalue weighted by molar-refractivity contribution is 0.513. The van der Waals surface area contributed by atoms with E-state index in [1.54, 1.807) is 6.08 Å². The second-order valence-electron chi connectivity index (χ2n) is 2.08. The molecular formula is C8H9O2P. The van der Waals surface area contributed by atoms with Crippen molar-refractivity contribution >= 4 is 14.1 Å². The first-order chi connectivity index (χ1) is 5.29. The van der Waals surface area contributed by atoms with Gasteiger partial charge in [-0.2, -0.15) is 0 Å². The van der Waals surface area contributed by atoms with Gasteiger partial charge in [-0.1, -0.05) is 30.3 Å². The molecule has 1 aromatic carbocycles. The van der Waals surface area contributed by atoms with Gasteiger partial charge in [-0.25, -0.2) is 0 Å². The summed E-state index contributed by atoms with van der Waals surface area (Å²) in [6.07, 6.45) is 1.64. The van der Waals surface area contributed by atoms with Crippen LogP contribution < -0.4 is 0 Å². The summed E-state index contributed by atoms with van der Waals surface area (Å²) in [6.45, 7) is 0. The Hall–Kier alpha value is -0.850. The molecule has 1 unspecified atom stereocenters. The molecule has 0 amide bonds. The Bertz CT molecular complexity index is 267. The van der Waals surface area contributed by atoms with Crippen molar-refractivity contribution < 1.29 is 9.46 Å². The lowest BCUT2D eigenvalue weighted by Crippen LogP contribution is -1.65. The molecule has 0 saturated carbocycles. The van der Waals surface area contributed by atoms with Gasteiger partial charge in [0.25, 0.3) is 0 Å². The van der Waals surface area contributed by atoms with Gasteiger partial charge in [-0.3, -0.25) is 4.57 Å². The van der Waals surface area contributed by atoms with Crippen LogP contribution in [0.5, 0.6) is 0 Å². The predicted molar refractivity (Wildman–Crippen MR) is 46.7 cm³/mol. The van der Waals surface area contributed by atoms with E-state index < -0.39 is 8.03 Å². The maximum absolute atomic E-state index is 10.3. The van der Waals surface area contributed by atoms with Crippen LogP contribution in [-0.2, 0) is 4.57 Å². The molecule has 0 aromatic heterocycles. The van der Waals surface area contributed by atoms with Crippen LogP contribution in [0, 0.1) is 0 Å². The molecule has 2 nitrogen and oxygen atoms in total.